The summed E-state index contributed by atoms with van der Waals surface area (Å²) in [6.07, 6.45) is 2.47. The van der Waals surface area contributed by atoms with Gasteiger partial charge in [-0.1, -0.05) is 0 Å². The van der Waals surface area contributed by atoms with E-state index >= 15 is 0 Å². The highest BCUT2D eigenvalue weighted by Gasteiger charge is 2.06. The highest BCUT2D eigenvalue weighted by Crippen LogP contribution is 2.22. The lowest BCUT2D eigenvalue weighted by molar-refractivity contribution is 0.171. The maximum absolute atomic E-state index is 10.9. The van der Waals surface area contributed by atoms with Gasteiger partial charge in [0.2, 0.25) is 0 Å². The van der Waals surface area contributed by atoms with Crippen LogP contribution < -0.4 is 10.2 Å². The zero-order valence-corrected chi connectivity index (χ0v) is 11.1. The molecule has 0 aliphatic heterocycles. The van der Waals surface area contributed by atoms with Gasteiger partial charge in [0.1, 0.15) is 5.75 Å². The minimum atomic E-state index is -0.629. The van der Waals surface area contributed by atoms with E-state index in [-0.39, 0.29) is 0 Å². The van der Waals surface area contributed by atoms with Crippen LogP contribution in [0.3, 0.4) is 0 Å². The molecule has 1 aromatic heterocycles. The number of amides is 1. The van der Waals surface area contributed by atoms with E-state index < -0.39 is 6.09 Å². The molecule has 0 saturated carbocycles. The van der Waals surface area contributed by atoms with Crippen molar-refractivity contribution in [3.05, 3.63) is 36.0 Å². The second kappa shape index (κ2) is 6.37. The molecular formula is C13H14N4O3. The Balaban J connectivity index is 2.17. The third-order valence-corrected chi connectivity index (χ3v) is 2.59. The molecule has 0 unspecified atom stereocenters. The molecule has 0 spiro atoms. The Morgan fingerprint density at radius 1 is 1.35 bits per heavy atom. The van der Waals surface area contributed by atoms with Crippen LogP contribution in [0.15, 0.2) is 35.6 Å². The number of rotatable bonds is 4. The SMILES string of the molecule is COC(=O)NN=Cc1cn[nH]c1-c1ccc(OC)cc1. The van der Waals surface area contributed by atoms with Crippen LogP contribution in [-0.4, -0.2) is 36.7 Å². The fraction of sp³-hybridized carbons (Fsp3) is 0.154. The van der Waals surface area contributed by atoms with Crippen molar-refractivity contribution in [2.45, 2.75) is 0 Å². The molecule has 0 bridgehead atoms. The Morgan fingerprint density at radius 3 is 2.75 bits per heavy atom. The van der Waals surface area contributed by atoms with Crippen LogP contribution in [0.25, 0.3) is 11.3 Å². The quantitative estimate of drug-likeness (QED) is 0.657. The van der Waals surface area contributed by atoms with Gasteiger partial charge in [-0.25, -0.2) is 10.2 Å². The first-order chi connectivity index (χ1) is 9.74. The number of aromatic nitrogens is 2. The summed E-state index contributed by atoms with van der Waals surface area (Å²) in [5.41, 5.74) is 4.68. The van der Waals surface area contributed by atoms with Crippen LogP contribution in [0.2, 0.25) is 0 Å². The normalized spacial score (nSPS) is 10.5. The fourth-order valence-corrected chi connectivity index (χ4v) is 1.58. The van der Waals surface area contributed by atoms with E-state index in [1.165, 1.54) is 13.3 Å². The second-order valence-corrected chi connectivity index (χ2v) is 3.79. The summed E-state index contributed by atoms with van der Waals surface area (Å²) in [5.74, 6) is 0.774. The van der Waals surface area contributed by atoms with Crippen LogP contribution in [0.1, 0.15) is 5.56 Å². The molecule has 1 amide bonds. The van der Waals surface area contributed by atoms with Gasteiger partial charge in [0.25, 0.3) is 0 Å². The first kappa shape index (κ1) is 13.6. The minimum Gasteiger partial charge on any atom is -0.497 e. The monoisotopic (exact) mass is 274 g/mol. The van der Waals surface area contributed by atoms with E-state index in [0.717, 1.165) is 22.6 Å². The number of carbonyl (C=O) groups is 1. The number of methoxy groups -OCH3 is 2. The van der Waals surface area contributed by atoms with Gasteiger partial charge in [0.15, 0.2) is 0 Å². The number of hydrogen-bond donors (Lipinski definition) is 2. The number of ether oxygens (including phenoxy) is 2. The third kappa shape index (κ3) is 3.14. The summed E-state index contributed by atoms with van der Waals surface area (Å²) in [7, 11) is 2.88. The first-order valence-electron chi connectivity index (χ1n) is 5.79. The number of nitrogens with zero attached hydrogens (tertiary/aromatic N) is 2. The van der Waals surface area contributed by atoms with Gasteiger partial charge in [-0.05, 0) is 24.3 Å². The summed E-state index contributed by atoms with van der Waals surface area (Å²) >= 11 is 0. The summed E-state index contributed by atoms with van der Waals surface area (Å²) in [4.78, 5) is 10.9. The predicted molar refractivity (Wildman–Crippen MR) is 73.7 cm³/mol. The molecule has 0 radical (unpaired) electrons. The summed E-state index contributed by atoms with van der Waals surface area (Å²) in [5, 5.41) is 10.6. The van der Waals surface area contributed by atoms with E-state index in [2.05, 4.69) is 25.5 Å². The van der Waals surface area contributed by atoms with Gasteiger partial charge in [0.05, 0.1) is 32.3 Å². The number of H-pyrrole nitrogens is 1. The van der Waals surface area contributed by atoms with Crippen LogP contribution in [-0.2, 0) is 4.74 Å². The van der Waals surface area contributed by atoms with E-state index in [9.17, 15) is 4.79 Å². The van der Waals surface area contributed by atoms with E-state index in [0.29, 0.717) is 0 Å². The Bertz CT molecular complexity index is 604. The summed E-state index contributed by atoms with van der Waals surface area (Å²) < 4.78 is 9.52. The number of carbonyl (C=O) groups excluding carboxylic acids is 1. The lowest BCUT2D eigenvalue weighted by Gasteiger charge is -2.02. The molecule has 0 atom stereocenters. The van der Waals surface area contributed by atoms with Gasteiger partial charge in [-0.3, -0.25) is 5.10 Å². The Hall–Kier alpha value is -2.83. The van der Waals surface area contributed by atoms with Crippen LogP contribution in [0, 0.1) is 0 Å². The van der Waals surface area contributed by atoms with Crippen molar-refractivity contribution in [1.82, 2.24) is 15.6 Å². The summed E-state index contributed by atoms with van der Waals surface area (Å²) in [6, 6.07) is 7.50. The molecule has 104 valence electrons. The molecule has 20 heavy (non-hydrogen) atoms. The lowest BCUT2D eigenvalue weighted by Crippen LogP contribution is -2.16. The number of benzene rings is 1. The molecule has 7 nitrogen and oxygen atoms in total. The van der Waals surface area contributed by atoms with Crippen molar-refractivity contribution in [1.29, 1.82) is 0 Å². The molecule has 1 aromatic carbocycles. The number of aromatic amines is 1. The second-order valence-electron chi connectivity index (χ2n) is 3.79. The topological polar surface area (TPSA) is 88.6 Å². The van der Waals surface area contributed by atoms with Crippen LogP contribution >= 0.6 is 0 Å². The third-order valence-electron chi connectivity index (χ3n) is 2.59. The standard InChI is InChI=1S/C13H14N4O3/c1-19-11-5-3-9(4-6-11)12-10(7-14-16-12)8-15-17-13(18)20-2/h3-8H,1-2H3,(H,14,16)(H,17,18). The molecule has 0 aliphatic carbocycles. The highest BCUT2D eigenvalue weighted by molar-refractivity contribution is 5.89. The molecule has 7 heteroatoms. The van der Waals surface area contributed by atoms with Crippen molar-refractivity contribution in [3.63, 3.8) is 0 Å². The van der Waals surface area contributed by atoms with Crippen molar-refractivity contribution in [3.8, 4) is 17.0 Å². The van der Waals surface area contributed by atoms with Gasteiger partial charge in [-0.2, -0.15) is 10.2 Å². The average molecular weight is 274 g/mol. The molecule has 1 heterocycles. The van der Waals surface area contributed by atoms with Crippen molar-refractivity contribution < 1.29 is 14.3 Å². The van der Waals surface area contributed by atoms with E-state index in [1.807, 2.05) is 24.3 Å². The van der Waals surface area contributed by atoms with Gasteiger partial charge in [-0.15, -0.1) is 0 Å². The molecule has 0 fully saturated rings. The number of nitrogens with one attached hydrogen (secondary N) is 2. The fourth-order valence-electron chi connectivity index (χ4n) is 1.58. The molecular weight excluding hydrogens is 260 g/mol. The van der Waals surface area contributed by atoms with Gasteiger partial charge in [0, 0.05) is 11.1 Å². The van der Waals surface area contributed by atoms with Crippen LogP contribution in [0.4, 0.5) is 4.79 Å². The zero-order chi connectivity index (χ0) is 14.4. The van der Waals surface area contributed by atoms with Crippen LogP contribution in [0.5, 0.6) is 5.75 Å². The lowest BCUT2D eigenvalue weighted by atomic mass is 10.1. The molecule has 2 N–H and O–H groups in total. The first-order valence-corrected chi connectivity index (χ1v) is 5.79. The predicted octanol–water partition coefficient (Wildman–Crippen LogP) is 1.78. The smallest absolute Gasteiger partial charge is 0.427 e. The van der Waals surface area contributed by atoms with E-state index in [1.54, 1.807) is 13.3 Å². The zero-order valence-electron chi connectivity index (χ0n) is 11.1. The largest absolute Gasteiger partial charge is 0.497 e. The Morgan fingerprint density at radius 2 is 2.10 bits per heavy atom. The van der Waals surface area contributed by atoms with Crippen molar-refractivity contribution >= 4 is 12.3 Å². The van der Waals surface area contributed by atoms with E-state index in [4.69, 9.17) is 4.74 Å². The number of hydrogen-bond acceptors (Lipinski definition) is 5. The Kier molecular flexibility index (Phi) is 4.33. The van der Waals surface area contributed by atoms with Gasteiger partial charge < -0.3 is 9.47 Å². The Labute approximate surface area is 115 Å². The minimum absolute atomic E-state index is 0.629. The number of hydrazone groups is 1. The maximum atomic E-state index is 10.9. The average Bonchev–Trinajstić information content (AvgIpc) is 2.95. The highest BCUT2D eigenvalue weighted by atomic mass is 16.5. The molecule has 0 aliphatic rings. The maximum Gasteiger partial charge on any atom is 0.427 e. The molecule has 2 rings (SSSR count). The van der Waals surface area contributed by atoms with Crippen molar-refractivity contribution in [2.24, 2.45) is 5.10 Å². The van der Waals surface area contributed by atoms with Crippen molar-refractivity contribution in [2.75, 3.05) is 14.2 Å². The summed E-state index contributed by atoms with van der Waals surface area (Å²) in [6.45, 7) is 0. The van der Waals surface area contributed by atoms with Gasteiger partial charge >= 0.3 is 6.09 Å². The molecule has 0 saturated heterocycles. The molecule has 2 aromatic rings.